The first-order valence-corrected chi connectivity index (χ1v) is 6.76. The van der Waals surface area contributed by atoms with Crippen molar-refractivity contribution >= 4 is 16.5 Å². The lowest BCUT2D eigenvalue weighted by Crippen LogP contribution is -2.09. The van der Waals surface area contributed by atoms with Crippen LogP contribution in [0.5, 0.6) is 0 Å². The lowest BCUT2D eigenvalue weighted by atomic mass is 10.4. The Morgan fingerprint density at radius 1 is 1.44 bits per heavy atom. The molecule has 1 aliphatic carbocycles. The maximum absolute atomic E-state index is 5.46. The van der Waals surface area contributed by atoms with Crippen LogP contribution in [-0.2, 0) is 4.74 Å². The molecule has 0 aromatic carbocycles. The Kier molecular flexibility index (Phi) is 4.12. The number of nitrogens with one attached hydrogen (secondary N) is 1. The van der Waals surface area contributed by atoms with Gasteiger partial charge in [-0.15, -0.1) is 10.2 Å². The van der Waals surface area contributed by atoms with Gasteiger partial charge in [-0.05, 0) is 33.1 Å². The molecule has 2 rings (SSSR count). The summed E-state index contributed by atoms with van der Waals surface area (Å²) < 4.78 is 5.46. The van der Waals surface area contributed by atoms with Crippen LogP contribution in [0, 0.1) is 0 Å². The van der Waals surface area contributed by atoms with Gasteiger partial charge in [-0.3, -0.25) is 0 Å². The summed E-state index contributed by atoms with van der Waals surface area (Å²) >= 11 is 1.69. The molecule has 0 radical (unpaired) electrons. The van der Waals surface area contributed by atoms with Crippen molar-refractivity contribution in [1.82, 2.24) is 10.2 Å². The van der Waals surface area contributed by atoms with E-state index in [1.807, 2.05) is 0 Å². The van der Waals surface area contributed by atoms with Crippen molar-refractivity contribution in [2.24, 2.45) is 0 Å². The molecule has 0 saturated heterocycles. The Balaban J connectivity index is 1.61. The molecule has 5 heteroatoms. The smallest absolute Gasteiger partial charge is 0.205 e. The van der Waals surface area contributed by atoms with Crippen LogP contribution in [0.2, 0.25) is 0 Å². The van der Waals surface area contributed by atoms with E-state index in [1.54, 1.807) is 11.3 Å². The molecule has 1 aliphatic rings. The molecule has 0 atom stereocenters. The van der Waals surface area contributed by atoms with Gasteiger partial charge >= 0.3 is 0 Å². The molecule has 0 amide bonds. The highest BCUT2D eigenvalue weighted by Gasteiger charge is 2.27. The second-order valence-corrected chi connectivity index (χ2v) is 5.43. The summed E-state index contributed by atoms with van der Waals surface area (Å²) in [6.07, 6.45) is 3.91. The highest BCUT2D eigenvalue weighted by molar-refractivity contribution is 7.15. The Bertz CT molecular complexity index is 323. The third-order valence-electron chi connectivity index (χ3n) is 2.42. The van der Waals surface area contributed by atoms with Crippen molar-refractivity contribution < 1.29 is 4.74 Å². The molecule has 1 fully saturated rings. The Morgan fingerprint density at radius 2 is 2.25 bits per heavy atom. The van der Waals surface area contributed by atoms with Crippen molar-refractivity contribution in [2.75, 3.05) is 18.5 Å². The van der Waals surface area contributed by atoms with Crippen LogP contribution in [0.15, 0.2) is 0 Å². The van der Waals surface area contributed by atoms with Crippen LogP contribution in [0.1, 0.15) is 44.0 Å². The Hall–Kier alpha value is -0.680. The van der Waals surface area contributed by atoms with Crippen LogP contribution in [0.3, 0.4) is 0 Å². The molecule has 0 bridgehead atoms. The van der Waals surface area contributed by atoms with E-state index in [2.05, 4.69) is 29.4 Å². The first-order valence-electron chi connectivity index (χ1n) is 5.94. The Morgan fingerprint density at radius 3 is 2.94 bits per heavy atom. The predicted molar refractivity (Wildman–Crippen MR) is 66.1 cm³/mol. The molecule has 1 aromatic heterocycles. The number of nitrogens with zero attached hydrogens (tertiary/aromatic N) is 2. The number of rotatable bonds is 7. The van der Waals surface area contributed by atoms with Crippen molar-refractivity contribution in [3.05, 3.63) is 5.01 Å². The standard InChI is InChI=1S/C11H19N3OS/c1-8(2)15-7-3-6-12-11-14-13-10(16-11)9-4-5-9/h8-9H,3-7H2,1-2H3,(H,12,14). The molecule has 4 nitrogen and oxygen atoms in total. The summed E-state index contributed by atoms with van der Waals surface area (Å²) in [4.78, 5) is 0. The number of aromatic nitrogens is 2. The molecule has 90 valence electrons. The van der Waals surface area contributed by atoms with Gasteiger partial charge in [0.15, 0.2) is 0 Å². The van der Waals surface area contributed by atoms with E-state index in [0.717, 1.165) is 24.7 Å². The zero-order valence-corrected chi connectivity index (χ0v) is 10.7. The van der Waals surface area contributed by atoms with Crippen molar-refractivity contribution in [3.8, 4) is 0 Å². The number of ether oxygens (including phenoxy) is 1. The van der Waals surface area contributed by atoms with Crippen LogP contribution in [0.4, 0.5) is 5.13 Å². The van der Waals surface area contributed by atoms with Gasteiger partial charge in [0.05, 0.1) is 6.10 Å². The monoisotopic (exact) mass is 241 g/mol. The van der Waals surface area contributed by atoms with E-state index in [-0.39, 0.29) is 0 Å². The van der Waals surface area contributed by atoms with Crippen molar-refractivity contribution in [3.63, 3.8) is 0 Å². The average Bonchev–Trinajstić information content (AvgIpc) is 2.99. The molecular formula is C11H19N3OS. The number of hydrogen-bond donors (Lipinski definition) is 1. The van der Waals surface area contributed by atoms with E-state index in [0.29, 0.717) is 12.0 Å². The molecule has 1 N–H and O–H groups in total. The normalized spacial score (nSPS) is 15.7. The second kappa shape index (κ2) is 5.59. The highest BCUT2D eigenvalue weighted by atomic mass is 32.1. The predicted octanol–water partition coefficient (Wildman–Crippen LogP) is 2.64. The fourth-order valence-electron chi connectivity index (χ4n) is 1.39. The quantitative estimate of drug-likeness (QED) is 0.745. The minimum absolute atomic E-state index is 0.322. The molecular weight excluding hydrogens is 222 g/mol. The first-order chi connectivity index (χ1) is 7.75. The van der Waals surface area contributed by atoms with E-state index in [1.165, 1.54) is 17.8 Å². The summed E-state index contributed by atoms with van der Waals surface area (Å²) in [5.41, 5.74) is 0. The third-order valence-corrected chi connectivity index (χ3v) is 3.46. The van der Waals surface area contributed by atoms with Gasteiger partial charge in [0, 0.05) is 19.1 Å². The summed E-state index contributed by atoms with van der Waals surface area (Å²) in [6, 6.07) is 0. The molecule has 1 heterocycles. The molecule has 1 saturated carbocycles. The van der Waals surface area contributed by atoms with Crippen molar-refractivity contribution in [2.45, 2.75) is 45.1 Å². The van der Waals surface area contributed by atoms with Crippen molar-refractivity contribution in [1.29, 1.82) is 0 Å². The lowest BCUT2D eigenvalue weighted by Gasteiger charge is -2.06. The Labute approximate surface area is 100 Å². The maximum atomic E-state index is 5.46. The topological polar surface area (TPSA) is 47.0 Å². The van der Waals surface area contributed by atoms with E-state index in [4.69, 9.17) is 4.74 Å². The summed E-state index contributed by atoms with van der Waals surface area (Å²) in [5, 5.41) is 13.7. The minimum atomic E-state index is 0.322. The van der Waals surface area contributed by atoms with E-state index >= 15 is 0 Å². The average molecular weight is 241 g/mol. The van der Waals surface area contributed by atoms with Gasteiger partial charge in [0.2, 0.25) is 5.13 Å². The SMILES string of the molecule is CC(C)OCCCNc1nnc(C2CC2)s1. The molecule has 0 unspecified atom stereocenters. The number of anilines is 1. The summed E-state index contributed by atoms with van der Waals surface area (Å²) in [5.74, 6) is 0.706. The maximum Gasteiger partial charge on any atom is 0.205 e. The largest absolute Gasteiger partial charge is 0.379 e. The van der Waals surface area contributed by atoms with Crippen LogP contribution < -0.4 is 5.32 Å². The van der Waals surface area contributed by atoms with E-state index in [9.17, 15) is 0 Å². The van der Waals surface area contributed by atoms with Gasteiger partial charge in [-0.25, -0.2) is 0 Å². The number of hydrogen-bond acceptors (Lipinski definition) is 5. The van der Waals surface area contributed by atoms with Crippen LogP contribution >= 0.6 is 11.3 Å². The van der Waals surface area contributed by atoms with Gasteiger partial charge in [0.1, 0.15) is 5.01 Å². The van der Waals surface area contributed by atoms with Crippen LogP contribution in [0.25, 0.3) is 0 Å². The minimum Gasteiger partial charge on any atom is -0.379 e. The van der Waals surface area contributed by atoms with Crippen LogP contribution in [-0.4, -0.2) is 29.5 Å². The zero-order chi connectivity index (χ0) is 11.4. The molecule has 0 aliphatic heterocycles. The lowest BCUT2D eigenvalue weighted by molar-refractivity contribution is 0.0787. The first kappa shape index (κ1) is 11.8. The summed E-state index contributed by atoms with van der Waals surface area (Å²) in [6.45, 7) is 5.82. The fourth-order valence-corrected chi connectivity index (χ4v) is 2.33. The van der Waals surface area contributed by atoms with Gasteiger partial charge in [0.25, 0.3) is 0 Å². The van der Waals surface area contributed by atoms with Gasteiger partial charge in [-0.1, -0.05) is 11.3 Å². The third kappa shape index (κ3) is 3.72. The van der Waals surface area contributed by atoms with Gasteiger partial charge in [-0.2, -0.15) is 0 Å². The summed E-state index contributed by atoms with van der Waals surface area (Å²) in [7, 11) is 0. The fraction of sp³-hybridized carbons (Fsp3) is 0.818. The molecule has 1 aromatic rings. The van der Waals surface area contributed by atoms with Gasteiger partial charge < -0.3 is 10.1 Å². The van der Waals surface area contributed by atoms with E-state index < -0.39 is 0 Å². The highest BCUT2D eigenvalue weighted by Crippen LogP contribution is 2.41. The molecule has 0 spiro atoms. The molecule has 16 heavy (non-hydrogen) atoms. The second-order valence-electron chi connectivity index (χ2n) is 4.42. The zero-order valence-electron chi connectivity index (χ0n) is 9.90.